The molecule has 2 aromatic rings. The second-order valence-corrected chi connectivity index (χ2v) is 7.49. The summed E-state index contributed by atoms with van der Waals surface area (Å²) in [5, 5.41) is 10.0. The summed E-state index contributed by atoms with van der Waals surface area (Å²) in [6.45, 7) is 3.12. The van der Waals surface area contributed by atoms with Crippen molar-refractivity contribution in [2.24, 2.45) is 0 Å². The van der Waals surface area contributed by atoms with Gasteiger partial charge in [-0.05, 0) is 55.9 Å². The molecule has 1 unspecified atom stereocenters. The molecule has 0 spiro atoms. The molecule has 1 aliphatic rings. The molecule has 0 bridgehead atoms. The van der Waals surface area contributed by atoms with Gasteiger partial charge < -0.3 is 10.0 Å². The SMILES string of the molecule is CC(C(=O)N1CCCCc2cc([C@](C)(O)C(F)(F)F)ccc21)c1ccccc1. The largest absolute Gasteiger partial charge is 0.421 e. The Morgan fingerprint density at radius 1 is 1.11 bits per heavy atom. The molecule has 1 amide bonds. The highest BCUT2D eigenvalue weighted by Gasteiger charge is 2.51. The van der Waals surface area contributed by atoms with Crippen LogP contribution < -0.4 is 4.90 Å². The zero-order chi connectivity index (χ0) is 20.5. The summed E-state index contributed by atoms with van der Waals surface area (Å²) < 4.78 is 39.6. The highest BCUT2D eigenvalue weighted by molar-refractivity contribution is 5.98. The number of halogens is 3. The minimum atomic E-state index is -4.77. The Labute approximate surface area is 162 Å². The van der Waals surface area contributed by atoms with E-state index in [9.17, 15) is 23.1 Å². The van der Waals surface area contributed by atoms with Gasteiger partial charge in [0.2, 0.25) is 5.91 Å². The normalized spacial score (nSPS) is 18.0. The van der Waals surface area contributed by atoms with Gasteiger partial charge in [-0.15, -0.1) is 0 Å². The Bertz CT molecular complexity index is 847. The van der Waals surface area contributed by atoms with Crippen molar-refractivity contribution in [3.63, 3.8) is 0 Å². The van der Waals surface area contributed by atoms with Gasteiger partial charge in [0.15, 0.2) is 5.60 Å². The first-order valence-electron chi connectivity index (χ1n) is 9.42. The monoisotopic (exact) mass is 391 g/mol. The van der Waals surface area contributed by atoms with Crippen molar-refractivity contribution < 1.29 is 23.1 Å². The first-order valence-corrected chi connectivity index (χ1v) is 9.42. The maximum Gasteiger partial charge on any atom is 0.421 e. The van der Waals surface area contributed by atoms with Gasteiger partial charge in [0.25, 0.3) is 0 Å². The first-order chi connectivity index (χ1) is 13.1. The lowest BCUT2D eigenvalue weighted by atomic mass is 9.92. The number of fused-ring (bicyclic) bond motifs is 1. The van der Waals surface area contributed by atoms with Gasteiger partial charge in [0.05, 0.1) is 5.92 Å². The maximum atomic E-state index is 13.2. The summed E-state index contributed by atoms with van der Waals surface area (Å²) in [4.78, 5) is 14.8. The van der Waals surface area contributed by atoms with Crippen molar-refractivity contribution in [1.82, 2.24) is 0 Å². The van der Waals surface area contributed by atoms with Gasteiger partial charge in [-0.2, -0.15) is 13.2 Å². The number of amides is 1. The number of rotatable bonds is 3. The Morgan fingerprint density at radius 3 is 2.43 bits per heavy atom. The second kappa shape index (κ2) is 7.59. The lowest BCUT2D eigenvalue weighted by Gasteiger charge is -2.30. The third-order valence-electron chi connectivity index (χ3n) is 5.50. The summed E-state index contributed by atoms with van der Waals surface area (Å²) >= 11 is 0. The third-order valence-corrected chi connectivity index (χ3v) is 5.50. The Hall–Kier alpha value is -2.34. The van der Waals surface area contributed by atoms with Crippen LogP contribution in [0.3, 0.4) is 0 Å². The van der Waals surface area contributed by atoms with Crippen LogP contribution >= 0.6 is 0 Å². The summed E-state index contributed by atoms with van der Waals surface area (Å²) in [7, 11) is 0. The van der Waals surface area contributed by atoms with E-state index in [4.69, 9.17) is 0 Å². The van der Waals surface area contributed by atoms with Gasteiger partial charge >= 0.3 is 6.18 Å². The summed E-state index contributed by atoms with van der Waals surface area (Å²) in [6.07, 6.45) is -2.66. The molecule has 0 saturated heterocycles. The Kier molecular flexibility index (Phi) is 5.53. The molecule has 2 aromatic carbocycles. The van der Waals surface area contributed by atoms with E-state index in [0.29, 0.717) is 24.2 Å². The molecule has 0 fully saturated rings. The molecule has 28 heavy (non-hydrogen) atoms. The minimum absolute atomic E-state index is 0.0790. The lowest BCUT2D eigenvalue weighted by molar-refractivity contribution is -0.258. The smallest absolute Gasteiger partial charge is 0.376 e. The van der Waals surface area contributed by atoms with Crippen LogP contribution in [-0.2, 0) is 16.8 Å². The second-order valence-electron chi connectivity index (χ2n) is 7.49. The van der Waals surface area contributed by atoms with Crippen molar-refractivity contribution >= 4 is 11.6 Å². The molecule has 0 aromatic heterocycles. The minimum Gasteiger partial charge on any atom is -0.376 e. The van der Waals surface area contributed by atoms with Gasteiger partial charge in [-0.3, -0.25) is 4.79 Å². The van der Waals surface area contributed by atoms with Crippen LogP contribution in [0.25, 0.3) is 0 Å². The summed E-state index contributed by atoms with van der Waals surface area (Å²) in [6, 6.07) is 13.6. The van der Waals surface area contributed by atoms with E-state index in [1.54, 1.807) is 4.90 Å². The van der Waals surface area contributed by atoms with E-state index >= 15 is 0 Å². The van der Waals surface area contributed by atoms with Crippen molar-refractivity contribution in [3.05, 3.63) is 65.2 Å². The molecular weight excluding hydrogens is 367 g/mol. The zero-order valence-corrected chi connectivity index (χ0v) is 16.0. The van der Waals surface area contributed by atoms with E-state index < -0.39 is 11.8 Å². The van der Waals surface area contributed by atoms with Crippen LogP contribution in [0.2, 0.25) is 0 Å². The van der Waals surface area contributed by atoms with Crippen LogP contribution in [0.15, 0.2) is 48.5 Å². The van der Waals surface area contributed by atoms with Crippen molar-refractivity contribution in [1.29, 1.82) is 0 Å². The fourth-order valence-corrected chi connectivity index (χ4v) is 3.57. The number of hydrogen-bond acceptors (Lipinski definition) is 2. The molecule has 3 nitrogen and oxygen atoms in total. The van der Waals surface area contributed by atoms with Crippen LogP contribution in [0.4, 0.5) is 18.9 Å². The predicted octanol–water partition coefficient (Wildman–Crippen LogP) is 4.93. The fraction of sp³-hybridized carbons (Fsp3) is 0.409. The molecule has 3 rings (SSSR count). The summed E-state index contributed by atoms with van der Waals surface area (Å²) in [5.41, 5.74) is -0.945. The Balaban J connectivity index is 1.96. The van der Waals surface area contributed by atoms with Crippen molar-refractivity contribution in [3.8, 4) is 0 Å². The predicted molar refractivity (Wildman–Crippen MR) is 102 cm³/mol. The molecule has 0 saturated carbocycles. The number of hydrogen-bond donors (Lipinski definition) is 1. The summed E-state index contributed by atoms with van der Waals surface area (Å²) in [5.74, 6) is -0.435. The topological polar surface area (TPSA) is 40.5 Å². The Morgan fingerprint density at radius 2 is 1.79 bits per heavy atom. The van der Waals surface area contributed by atoms with E-state index in [1.807, 2.05) is 37.3 Å². The third kappa shape index (κ3) is 3.78. The number of carbonyl (C=O) groups is 1. The molecule has 150 valence electrons. The highest BCUT2D eigenvalue weighted by Crippen LogP contribution is 2.40. The fourth-order valence-electron chi connectivity index (χ4n) is 3.57. The zero-order valence-electron chi connectivity index (χ0n) is 16.0. The number of anilines is 1. The molecular formula is C22H24F3NO2. The van der Waals surface area contributed by atoms with Crippen LogP contribution in [-0.4, -0.2) is 23.7 Å². The average Bonchev–Trinajstić information content (AvgIpc) is 2.88. The molecule has 0 radical (unpaired) electrons. The lowest BCUT2D eigenvalue weighted by Crippen LogP contribution is -2.39. The first kappa shape index (κ1) is 20.4. The van der Waals surface area contributed by atoms with Crippen molar-refractivity contribution in [2.45, 2.75) is 50.8 Å². The number of alkyl halides is 3. The van der Waals surface area contributed by atoms with Crippen LogP contribution in [0.1, 0.15) is 49.3 Å². The van der Waals surface area contributed by atoms with E-state index in [-0.39, 0.29) is 17.4 Å². The van der Waals surface area contributed by atoms with Gasteiger partial charge in [0, 0.05) is 12.2 Å². The molecule has 1 aliphatic heterocycles. The number of aliphatic hydroxyl groups is 1. The molecule has 1 heterocycles. The quantitative estimate of drug-likeness (QED) is 0.806. The van der Waals surface area contributed by atoms with E-state index in [2.05, 4.69) is 0 Å². The molecule has 1 N–H and O–H groups in total. The van der Waals surface area contributed by atoms with Gasteiger partial charge in [0.1, 0.15) is 0 Å². The molecule has 0 aliphatic carbocycles. The standard InChI is InChI=1S/C22H24F3NO2/c1-15(16-8-4-3-5-9-16)20(27)26-13-7-6-10-17-14-18(11-12-19(17)26)21(2,28)22(23,24)25/h3-5,8-9,11-12,14-15,28H,6-7,10,13H2,1-2H3/t15?,21-/m0/s1. The number of benzene rings is 2. The van der Waals surface area contributed by atoms with Crippen LogP contribution in [0.5, 0.6) is 0 Å². The van der Waals surface area contributed by atoms with Crippen LogP contribution in [0, 0.1) is 0 Å². The number of carbonyl (C=O) groups excluding carboxylic acids is 1. The van der Waals surface area contributed by atoms with E-state index in [1.165, 1.54) is 18.2 Å². The van der Waals surface area contributed by atoms with Crippen molar-refractivity contribution in [2.75, 3.05) is 11.4 Å². The van der Waals surface area contributed by atoms with Gasteiger partial charge in [-0.25, -0.2) is 0 Å². The molecule has 2 atom stereocenters. The molecule has 6 heteroatoms. The highest BCUT2D eigenvalue weighted by atomic mass is 19.4. The van der Waals surface area contributed by atoms with E-state index in [0.717, 1.165) is 25.3 Å². The number of aryl methyl sites for hydroxylation is 1. The maximum absolute atomic E-state index is 13.2. The number of nitrogens with zero attached hydrogens (tertiary/aromatic N) is 1. The van der Waals surface area contributed by atoms with Gasteiger partial charge in [-0.1, -0.05) is 42.5 Å². The average molecular weight is 391 g/mol.